The van der Waals surface area contributed by atoms with Gasteiger partial charge in [0.25, 0.3) is 5.91 Å². The van der Waals surface area contributed by atoms with Gasteiger partial charge in [-0.2, -0.15) is 0 Å². The number of carbonyl (C=O) groups is 2. The van der Waals surface area contributed by atoms with Crippen molar-refractivity contribution in [1.82, 2.24) is 5.32 Å². The number of carbonyl (C=O) groups excluding carboxylic acids is 2. The molecule has 3 N–H and O–H groups in total. The van der Waals surface area contributed by atoms with E-state index in [1.807, 2.05) is 37.3 Å². The quantitative estimate of drug-likeness (QED) is 0.497. The van der Waals surface area contributed by atoms with Gasteiger partial charge in [0.15, 0.2) is 0 Å². The van der Waals surface area contributed by atoms with E-state index >= 15 is 0 Å². The average Bonchev–Trinajstić information content (AvgIpc) is 2.75. The Morgan fingerprint density at radius 2 is 1.63 bits per heavy atom. The Morgan fingerprint density at radius 1 is 0.967 bits per heavy atom. The molecule has 30 heavy (non-hydrogen) atoms. The molecule has 3 rings (SSSR count). The molecular weight excluding hydrogens is 405 g/mol. The van der Waals surface area contributed by atoms with Crippen molar-refractivity contribution in [2.45, 2.75) is 13.0 Å². The van der Waals surface area contributed by atoms with Crippen molar-refractivity contribution in [3.8, 4) is 0 Å². The van der Waals surface area contributed by atoms with E-state index in [1.54, 1.807) is 24.3 Å². The zero-order valence-electron chi connectivity index (χ0n) is 16.3. The van der Waals surface area contributed by atoms with Crippen LogP contribution < -0.4 is 16.0 Å². The van der Waals surface area contributed by atoms with Crippen molar-refractivity contribution in [2.24, 2.45) is 0 Å². The molecule has 0 aromatic heterocycles. The number of anilines is 2. The molecule has 3 aromatic carbocycles. The van der Waals surface area contributed by atoms with Crippen molar-refractivity contribution < 1.29 is 14.0 Å². The van der Waals surface area contributed by atoms with Crippen LogP contribution in [0.1, 0.15) is 28.9 Å². The van der Waals surface area contributed by atoms with Gasteiger partial charge in [0.1, 0.15) is 5.82 Å². The van der Waals surface area contributed by atoms with Crippen LogP contribution in [-0.4, -0.2) is 18.4 Å². The van der Waals surface area contributed by atoms with Gasteiger partial charge in [0.2, 0.25) is 5.91 Å². The maximum atomic E-state index is 13.2. The third-order valence-electron chi connectivity index (χ3n) is 4.45. The van der Waals surface area contributed by atoms with Gasteiger partial charge in [-0.25, -0.2) is 4.39 Å². The first-order chi connectivity index (χ1) is 14.4. The summed E-state index contributed by atoms with van der Waals surface area (Å²) in [6, 6.07) is 20.3. The molecule has 0 radical (unpaired) electrons. The first-order valence-electron chi connectivity index (χ1n) is 9.37. The van der Waals surface area contributed by atoms with Crippen LogP contribution in [0, 0.1) is 5.82 Å². The molecule has 0 saturated heterocycles. The van der Waals surface area contributed by atoms with Gasteiger partial charge in [0, 0.05) is 16.9 Å². The average molecular weight is 426 g/mol. The van der Waals surface area contributed by atoms with Gasteiger partial charge in [-0.05, 0) is 55.0 Å². The molecule has 0 bridgehead atoms. The maximum Gasteiger partial charge on any atom is 0.251 e. The summed E-state index contributed by atoms with van der Waals surface area (Å²) in [4.78, 5) is 24.5. The van der Waals surface area contributed by atoms with Crippen LogP contribution in [-0.2, 0) is 4.79 Å². The Hall–Kier alpha value is -3.38. The fraction of sp³-hybridized carbons (Fsp3) is 0.130. The van der Waals surface area contributed by atoms with Gasteiger partial charge >= 0.3 is 0 Å². The highest BCUT2D eigenvalue weighted by molar-refractivity contribution is 6.31. The number of rotatable bonds is 7. The fourth-order valence-electron chi connectivity index (χ4n) is 2.80. The Labute approximate surface area is 179 Å². The number of amides is 2. The molecule has 2 amide bonds. The van der Waals surface area contributed by atoms with Crippen LogP contribution in [0.15, 0.2) is 72.8 Å². The number of hydrogen-bond donors (Lipinski definition) is 3. The highest BCUT2D eigenvalue weighted by Gasteiger charge is 2.11. The van der Waals surface area contributed by atoms with E-state index in [1.165, 1.54) is 18.2 Å². The molecular formula is C23H21ClFN3O2. The fourth-order valence-corrected chi connectivity index (χ4v) is 2.98. The first-order valence-corrected chi connectivity index (χ1v) is 9.75. The van der Waals surface area contributed by atoms with E-state index in [9.17, 15) is 14.0 Å². The lowest BCUT2D eigenvalue weighted by atomic mass is 10.1. The topological polar surface area (TPSA) is 70.2 Å². The molecule has 0 aliphatic carbocycles. The molecule has 5 nitrogen and oxygen atoms in total. The zero-order valence-corrected chi connectivity index (χ0v) is 17.0. The summed E-state index contributed by atoms with van der Waals surface area (Å²) >= 11 is 5.72. The second kappa shape index (κ2) is 9.89. The van der Waals surface area contributed by atoms with Crippen molar-refractivity contribution in [3.63, 3.8) is 0 Å². The Balaban J connectivity index is 1.51. The van der Waals surface area contributed by atoms with E-state index in [0.29, 0.717) is 16.9 Å². The standard InChI is InChI=1S/C23H21ClFN3O2/c1-15(16-5-3-2-4-6-16)27-23(30)17-7-9-18(10-8-17)28-22(29)14-26-19-11-12-21(25)20(24)13-19/h2-13,15,26H,14H2,1H3,(H,27,30)(H,28,29). The second-order valence-electron chi connectivity index (χ2n) is 6.71. The first kappa shape index (κ1) is 21.3. The molecule has 7 heteroatoms. The lowest BCUT2D eigenvalue weighted by molar-refractivity contribution is -0.114. The molecule has 1 atom stereocenters. The summed E-state index contributed by atoms with van der Waals surface area (Å²) in [6.07, 6.45) is 0. The Kier molecular flexibility index (Phi) is 7.03. The minimum Gasteiger partial charge on any atom is -0.376 e. The summed E-state index contributed by atoms with van der Waals surface area (Å²) in [6.45, 7) is 1.90. The van der Waals surface area contributed by atoms with Crippen molar-refractivity contribution in [2.75, 3.05) is 17.2 Å². The number of benzene rings is 3. The second-order valence-corrected chi connectivity index (χ2v) is 7.12. The molecule has 0 aliphatic heterocycles. The van der Waals surface area contributed by atoms with Crippen molar-refractivity contribution in [1.29, 1.82) is 0 Å². The predicted octanol–water partition coefficient (Wildman–Crippen LogP) is 5.02. The molecule has 1 unspecified atom stereocenters. The van der Waals surface area contributed by atoms with E-state index in [2.05, 4.69) is 16.0 Å². The minimum atomic E-state index is -0.519. The molecule has 0 fully saturated rings. The Bertz CT molecular complexity index is 1030. The highest BCUT2D eigenvalue weighted by atomic mass is 35.5. The summed E-state index contributed by atoms with van der Waals surface area (Å²) < 4.78 is 13.2. The smallest absolute Gasteiger partial charge is 0.251 e. The summed E-state index contributed by atoms with van der Waals surface area (Å²) in [5, 5.41) is 8.53. The number of hydrogen-bond acceptors (Lipinski definition) is 3. The summed E-state index contributed by atoms with van der Waals surface area (Å²) in [7, 11) is 0. The molecule has 3 aromatic rings. The van der Waals surface area contributed by atoms with Crippen LogP contribution in [0.5, 0.6) is 0 Å². The molecule has 0 spiro atoms. The van der Waals surface area contributed by atoms with Crippen LogP contribution >= 0.6 is 11.6 Å². The predicted molar refractivity (Wildman–Crippen MR) is 117 cm³/mol. The van der Waals surface area contributed by atoms with E-state index in [4.69, 9.17) is 11.6 Å². The van der Waals surface area contributed by atoms with E-state index < -0.39 is 5.82 Å². The summed E-state index contributed by atoms with van der Waals surface area (Å²) in [5.74, 6) is -1.00. The normalized spacial score (nSPS) is 11.4. The number of halogens is 2. The van der Waals surface area contributed by atoms with Gasteiger partial charge in [-0.15, -0.1) is 0 Å². The lowest BCUT2D eigenvalue weighted by Crippen LogP contribution is -2.26. The SMILES string of the molecule is CC(NC(=O)c1ccc(NC(=O)CNc2ccc(F)c(Cl)c2)cc1)c1ccccc1. The van der Waals surface area contributed by atoms with Gasteiger partial charge in [0.05, 0.1) is 17.6 Å². The van der Waals surface area contributed by atoms with Crippen molar-refractivity contribution >= 4 is 34.8 Å². The molecule has 154 valence electrons. The van der Waals surface area contributed by atoms with Gasteiger partial charge < -0.3 is 16.0 Å². The lowest BCUT2D eigenvalue weighted by Gasteiger charge is -2.14. The highest BCUT2D eigenvalue weighted by Crippen LogP contribution is 2.19. The van der Waals surface area contributed by atoms with Crippen LogP contribution in [0.4, 0.5) is 15.8 Å². The minimum absolute atomic E-state index is 0.0151. The maximum absolute atomic E-state index is 13.2. The van der Waals surface area contributed by atoms with Crippen molar-refractivity contribution in [3.05, 3.63) is 94.8 Å². The Morgan fingerprint density at radius 3 is 2.30 bits per heavy atom. The monoisotopic (exact) mass is 425 g/mol. The summed E-state index contributed by atoms with van der Waals surface area (Å²) in [5.41, 5.74) is 2.61. The van der Waals surface area contributed by atoms with Crippen LogP contribution in [0.25, 0.3) is 0 Å². The van der Waals surface area contributed by atoms with E-state index in [-0.39, 0.29) is 29.4 Å². The van der Waals surface area contributed by atoms with E-state index in [0.717, 1.165) is 5.56 Å². The zero-order chi connectivity index (χ0) is 21.5. The largest absolute Gasteiger partial charge is 0.376 e. The third-order valence-corrected chi connectivity index (χ3v) is 4.74. The molecule has 0 heterocycles. The van der Waals surface area contributed by atoms with Crippen LogP contribution in [0.2, 0.25) is 5.02 Å². The third kappa shape index (κ3) is 5.81. The molecule has 0 aliphatic rings. The number of nitrogens with one attached hydrogen (secondary N) is 3. The molecule has 0 saturated carbocycles. The van der Waals surface area contributed by atoms with Gasteiger partial charge in [-0.1, -0.05) is 41.9 Å². The van der Waals surface area contributed by atoms with Gasteiger partial charge in [-0.3, -0.25) is 9.59 Å². The van der Waals surface area contributed by atoms with Crippen LogP contribution in [0.3, 0.4) is 0 Å².